The molecule has 0 spiro atoms. The molecule has 0 aromatic rings. The standard InChI is InChI=1S/C9H19O4Si2.K/c1-14(2,3)12-8(10)7-9(11)13-15(4,5)6;/h7H,1-6H3;/q-1;+1. The van der Waals surface area contributed by atoms with E-state index in [2.05, 4.69) is 0 Å². The Morgan fingerprint density at radius 3 is 1.25 bits per heavy atom. The van der Waals surface area contributed by atoms with Crippen molar-refractivity contribution in [2.75, 3.05) is 0 Å². The zero-order valence-corrected chi connectivity index (χ0v) is 16.3. The van der Waals surface area contributed by atoms with E-state index in [0.717, 1.165) is 6.42 Å². The maximum absolute atomic E-state index is 11.2. The molecule has 0 aliphatic carbocycles. The third-order valence-electron chi connectivity index (χ3n) is 1.05. The number of hydrogen-bond acceptors (Lipinski definition) is 4. The minimum Gasteiger partial charge on any atom is -0.540 e. The van der Waals surface area contributed by atoms with Gasteiger partial charge in [0.2, 0.25) is 16.6 Å². The molecule has 0 radical (unpaired) electrons. The van der Waals surface area contributed by atoms with Crippen LogP contribution < -0.4 is 51.4 Å². The van der Waals surface area contributed by atoms with Crippen LogP contribution in [0, 0.1) is 6.42 Å². The van der Waals surface area contributed by atoms with Gasteiger partial charge in [-0.15, -0.1) is 0 Å². The average molecular weight is 287 g/mol. The number of hydrogen-bond donors (Lipinski definition) is 0. The molecule has 0 aliphatic heterocycles. The minimum atomic E-state index is -1.92. The Hall–Kier alpha value is 0.880. The summed E-state index contributed by atoms with van der Waals surface area (Å²) in [7, 11) is -3.85. The first-order valence-corrected chi connectivity index (χ1v) is 11.6. The van der Waals surface area contributed by atoms with Crippen molar-refractivity contribution >= 4 is 28.6 Å². The Kier molecular flexibility index (Phi) is 8.83. The summed E-state index contributed by atoms with van der Waals surface area (Å²) in [6, 6.07) is 0. The smallest absolute Gasteiger partial charge is 0.540 e. The molecule has 16 heavy (non-hydrogen) atoms. The van der Waals surface area contributed by atoms with Crippen LogP contribution in [0.3, 0.4) is 0 Å². The quantitative estimate of drug-likeness (QED) is 0.376. The molecule has 0 saturated heterocycles. The summed E-state index contributed by atoms with van der Waals surface area (Å²) in [5.74, 6) is -1.20. The van der Waals surface area contributed by atoms with Gasteiger partial charge in [-0.25, -0.2) is 0 Å². The normalized spacial score (nSPS) is 11.1. The Morgan fingerprint density at radius 2 is 1.06 bits per heavy atom. The van der Waals surface area contributed by atoms with Crippen LogP contribution >= 0.6 is 0 Å². The Balaban J connectivity index is 0. The molecular formula is C9H19KO4Si2. The number of carbonyl (C=O) groups excluding carboxylic acids is 2. The number of rotatable bonds is 4. The molecule has 0 N–H and O–H groups in total. The average Bonchev–Trinajstić information content (AvgIpc) is 1.73. The van der Waals surface area contributed by atoms with Crippen LogP contribution in [0.2, 0.25) is 39.3 Å². The van der Waals surface area contributed by atoms with E-state index < -0.39 is 28.6 Å². The van der Waals surface area contributed by atoms with Crippen molar-refractivity contribution in [1.29, 1.82) is 0 Å². The monoisotopic (exact) mass is 286 g/mol. The van der Waals surface area contributed by atoms with E-state index in [-0.39, 0.29) is 51.4 Å². The predicted octanol–water partition coefficient (Wildman–Crippen LogP) is -1.05. The van der Waals surface area contributed by atoms with Gasteiger partial charge in [0.1, 0.15) is 0 Å². The van der Waals surface area contributed by atoms with Gasteiger partial charge >= 0.3 is 51.4 Å². The van der Waals surface area contributed by atoms with Crippen molar-refractivity contribution in [2.24, 2.45) is 0 Å². The van der Waals surface area contributed by atoms with Crippen molar-refractivity contribution in [3.8, 4) is 0 Å². The maximum Gasteiger partial charge on any atom is 1.00 e. The third kappa shape index (κ3) is 12.9. The molecule has 0 heterocycles. The van der Waals surface area contributed by atoms with E-state index >= 15 is 0 Å². The second-order valence-corrected chi connectivity index (χ2v) is 14.1. The third-order valence-corrected chi connectivity index (χ3v) is 2.68. The summed E-state index contributed by atoms with van der Waals surface area (Å²) in [6.07, 6.45) is 0.885. The Labute approximate surface area is 142 Å². The predicted molar refractivity (Wildman–Crippen MR) is 63.2 cm³/mol. The van der Waals surface area contributed by atoms with Crippen molar-refractivity contribution in [3.05, 3.63) is 6.42 Å². The van der Waals surface area contributed by atoms with E-state index in [1.54, 1.807) is 0 Å². The SMILES string of the molecule is C[Si](C)(C)OC(=O)[CH-]C(=O)O[Si](C)(C)C.[K+]. The molecule has 0 atom stereocenters. The van der Waals surface area contributed by atoms with Crippen LogP contribution in [0.15, 0.2) is 0 Å². The van der Waals surface area contributed by atoms with Gasteiger partial charge < -0.3 is 8.85 Å². The molecule has 0 fully saturated rings. The summed E-state index contributed by atoms with van der Waals surface area (Å²) >= 11 is 0. The fraction of sp³-hybridized carbons (Fsp3) is 0.667. The molecule has 88 valence electrons. The molecule has 0 rings (SSSR count). The Bertz CT molecular complexity index is 229. The summed E-state index contributed by atoms with van der Waals surface area (Å²) in [5, 5.41) is 0. The van der Waals surface area contributed by atoms with E-state index in [1.165, 1.54) is 0 Å². The fourth-order valence-corrected chi connectivity index (χ4v) is 2.08. The summed E-state index contributed by atoms with van der Waals surface area (Å²) in [4.78, 5) is 22.5. The van der Waals surface area contributed by atoms with E-state index in [0.29, 0.717) is 0 Å². The molecule has 0 aliphatic rings. The molecule has 0 bridgehead atoms. The van der Waals surface area contributed by atoms with E-state index in [9.17, 15) is 9.59 Å². The van der Waals surface area contributed by atoms with Gasteiger partial charge in [0.25, 0.3) is 0 Å². The molecule has 4 nitrogen and oxygen atoms in total. The molecule has 0 unspecified atom stereocenters. The maximum atomic E-state index is 11.2. The van der Waals surface area contributed by atoms with Crippen LogP contribution in [0.1, 0.15) is 0 Å². The van der Waals surface area contributed by atoms with Gasteiger partial charge in [0, 0.05) is 0 Å². The zero-order chi connectivity index (χ0) is 12.3. The minimum absolute atomic E-state index is 0. The van der Waals surface area contributed by atoms with Crippen LogP contribution in [0.4, 0.5) is 0 Å². The number of carbonyl (C=O) groups is 2. The fourth-order valence-electron chi connectivity index (χ4n) is 0.759. The molecule has 0 saturated carbocycles. The second-order valence-electron chi connectivity index (χ2n) is 5.21. The summed E-state index contributed by atoms with van der Waals surface area (Å²) in [6.45, 7) is 11.3. The van der Waals surface area contributed by atoms with Crippen molar-refractivity contribution in [2.45, 2.75) is 39.3 Å². The zero-order valence-electron chi connectivity index (χ0n) is 11.2. The van der Waals surface area contributed by atoms with Gasteiger partial charge in [0.05, 0.1) is 0 Å². The van der Waals surface area contributed by atoms with E-state index in [4.69, 9.17) is 8.85 Å². The molecule has 0 amide bonds. The van der Waals surface area contributed by atoms with E-state index in [1.807, 2.05) is 39.3 Å². The molecule has 7 heteroatoms. The second kappa shape index (κ2) is 7.34. The van der Waals surface area contributed by atoms with Crippen LogP contribution in [-0.4, -0.2) is 28.6 Å². The largest absolute Gasteiger partial charge is 1.00 e. The molecule has 0 aromatic heterocycles. The summed E-state index contributed by atoms with van der Waals surface area (Å²) < 4.78 is 10.2. The van der Waals surface area contributed by atoms with Gasteiger partial charge in [-0.2, -0.15) is 6.42 Å². The molecule has 0 aromatic carbocycles. The Morgan fingerprint density at radius 1 is 0.812 bits per heavy atom. The van der Waals surface area contributed by atoms with Crippen molar-refractivity contribution < 1.29 is 69.8 Å². The first-order chi connectivity index (χ1) is 6.49. The van der Waals surface area contributed by atoms with Crippen LogP contribution in [0.5, 0.6) is 0 Å². The van der Waals surface area contributed by atoms with Gasteiger partial charge in [-0.05, 0) is 39.3 Å². The van der Waals surface area contributed by atoms with Gasteiger partial charge in [-0.3, -0.25) is 9.59 Å². The van der Waals surface area contributed by atoms with Crippen molar-refractivity contribution in [1.82, 2.24) is 0 Å². The van der Waals surface area contributed by atoms with Gasteiger partial charge in [-0.1, -0.05) is 0 Å². The van der Waals surface area contributed by atoms with Crippen molar-refractivity contribution in [3.63, 3.8) is 0 Å². The van der Waals surface area contributed by atoms with Gasteiger partial charge in [0.15, 0.2) is 11.9 Å². The molecular weight excluding hydrogens is 267 g/mol. The van der Waals surface area contributed by atoms with Crippen LogP contribution in [0.25, 0.3) is 0 Å². The summed E-state index contributed by atoms with van der Waals surface area (Å²) in [5.41, 5.74) is 0. The first kappa shape index (κ1) is 19.2. The first-order valence-electron chi connectivity index (χ1n) is 4.80. The topological polar surface area (TPSA) is 52.6 Å². The van der Waals surface area contributed by atoms with Crippen LogP contribution in [-0.2, 0) is 18.4 Å².